The van der Waals surface area contributed by atoms with Crippen LogP contribution in [0, 0.1) is 5.82 Å². The lowest BCUT2D eigenvalue weighted by atomic mass is 10.4. The number of carbonyl (C=O) groups is 2. The molecule has 0 aliphatic rings. The van der Waals surface area contributed by atoms with Crippen LogP contribution in [-0.2, 0) is 11.8 Å². The number of hydrogen-bond donors (Lipinski definition) is 2. The van der Waals surface area contributed by atoms with Gasteiger partial charge in [-0.2, -0.15) is 0 Å². The normalized spacial score (nSPS) is 10.3. The van der Waals surface area contributed by atoms with Gasteiger partial charge < -0.3 is 4.57 Å². The molecule has 2 N–H and O–H groups in total. The number of thioether (sulfide) groups is 1. The monoisotopic (exact) mass is 385 g/mol. The molecule has 0 atom stereocenters. The van der Waals surface area contributed by atoms with E-state index < -0.39 is 5.91 Å². The van der Waals surface area contributed by atoms with Crippen LogP contribution in [0.3, 0.4) is 0 Å². The topological polar surface area (TPSA) is 63.1 Å². The van der Waals surface area contributed by atoms with Crippen molar-refractivity contribution in [3.8, 4) is 0 Å². The first-order valence-electron chi connectivity index (χ1n) is 6.25. The van der Waals surface area contributed by atoms with Gasteiger partial charge in [0, 0.05) is 22.6 Å². The second kappa shape index (κ2) is 7.46. The summed E-state index contributed by atoms with van der Waals surface area (Å²) >= 11 is 4.52. The van der Waals surface area contributed by atoms with Gasteiger partial charge in [-0.3, -0.25) is 20.4 Å². The van der Waals surface area contributed by atoms with Crippen LogP contribution in [0.25, 0.3) is 0 Å². The summed E-state index contributed by atoms with van der Waals surface area (Å²) in [6.07, 6.45) is 1.74. The van der Waals surface area contributed by atoms with Crippen molar-refractivity contribution in [1.82, 2.24) is 15.4 Å². The molecule has 2 amide bonds. The molecule has 0 bridgehead atoms. The second-order valence-corrected chi connectivity index (χ2v) is 6.36. The number of rotatable bonds is 4. The smallest absolute Gasteiger partial charge is 0.286 e. The molecule has 1 aromatic carbocycles. The van der Waals surface area contributed by atoms with Crippen LogP contribution >= 0.6 is 27.7 Å². The zero-order chi connectivity index (χ0) is 16.1. The van der Waals surface area contributed by atoms with Gasteiger partial charge in [-0.25, -0.2) is 4.39 Å². The van der Waals surface area contributed by atoms with E-state index in [2.05, 4.69) is 26.8 Å². The van der Waals surface area contributed by atoms with Crippen LogP contribution in [0.15, 0.2) is 45.9 Å². The van der Waals surface area contributed by atoms with Crippen LogP contribution in [0.5, 0.6) is 0 Å². The molecule has 8 heteroatoms. The number of hydrazine groups is 1. The minimum absolute atomic E-state index is 0.114. The number of aryl methyl sites for hydroxylation is 1. The van der Waals surface area contributed by atoms with Crippen molar-refractivity contribution in [3.05, 3.63) is 52.5 Å². The van der Waals surface area contributed by atoms with Crippen LogP contribution in [0.1, 0.15) is 10.5 Å². The average molecular weight is 386 g/mol. The first kappa shape index (κ1) is 16.6. The predicted molar refractivity (Wildman–Crippen MR) is 85.8 cm³/mol. The highest BCUT2D eigenvalue weighted by Crippen LogP contribution is 2.17. The number of amides is 2. The summed E-state index contributed by atoms with van der Waals surface area (Å²) in [5.41, 5.74) is 5.10. The third kappa shape index (κ3) is 4.60. The molecule has 0 saturated heterocycles. The maximum absolute atomic E-state index is 12.7. The molecule has 5 nitrogen and oxygen atoms in total. The summed E-state index contributed by atoms with van der Waals surface area (Å²) in [5, 5.41) is 0. The van der Waals surface area contributed by atoms with Gasteiger partial charge in [-0.05, 0) is 46.3 Å². The molecule has 116 valence electrons. The fourth-order valence-electron chi connectivity index (χ4n) is 1.66. The third-order valence-corrected chi connectivity index (χ3v) is 4.15. The molecule has 0 unspecified atom stereocenters. The van der Waals surface area contributed by atoms with E-state index >= 15 is 0 Å². The zero-order valence-corrected chi connectivity index (χ0v) is 14.0. The van der Waals surface area contributed by atoms with Crippen molar-refractivity contribution in [3.63, 3.8) is 0 Å². The number of benzene rings is 1. The third-order valence-electron chi connectivity index (χ3n) is 2.70. The summed E-state index contributed by atoms with van der Waals surface area (Å²) in [7, 11) is 1.73. The fraction of sp³-hybridized carbons (Fsp3) is 0.143. The molecule has 22 heavy (non-hydrogen) atoms. The molecule has 1 aromatic heterocycles. The van der Waals surface area contributed by atoms with Crippen molar-refractivity contribution >= 4 is 39.5 Å². The first-order chi connectivity index (χ1) is 10.5. The fourth-order valence-corrected chi connectivity index (χ4v) is 2.88. The molecule has 2 aromatic rings. The van der Waals surface area contributed by atoms with Gasteiger partial charge in [0.15, 0.2) is 0 Å². The number of halogens is 2. The van der Waals surface area contributed by atoms with E-state index in [0.717, 1.165) is 9.37 Å². The summed E-state index contributed by atoms with van der Waals surface area (Å²) in [6, 6.07) is 7.49. The molecule has 1 heterocycles. The average Bonchev–Trinajstić information content (AvgIpc) is 2.83. The largest absolute Gasteiger partial charge is 0.345 e. The highest BCUT2D eigenvalue weighted by Gasteiger charge is 2.12. The summed E-state index contributed by atoms with van der Waals surface area (Å²) in [4.78, 5) is 24.3. The molecular formula is C14H13BrFN3O2S. The van der Waals surface area contributed by atoms with Crippen LogP contribution in [0.4, 0.5) is 4.39 Å². The maximum Gasteiger partial charge on any atom is 0.286 e. The van der Waals surface area contributed by atoms with Gasteiger partial charge in [-0.15, -0.1) is 11.8 Å². The number of carbonyl (C=O) groups excluding carboxylic acids is 2. The van der Waals surface area contributed by atoms with Gasteiger partial charge in [0.25, 0.3) is 5.91 Å². The van der Waals surface area contributed by atoms with E-state index in [9.17, 15) is 14.0 Å². The SMILES string of the molecule is Cn1cc(Br)cc1C(=O)NNC(=O)CSc1ccc(F)cc1. The van der Waals surface area contributed by atoms with Gasteiger partial charge in [0.05, 0.1) is 5.75 Å². The van der Waals surface area contributed by atoms with E-state index in [-0.39, 0.29) is 17.5 Å². The zero-order valence-electron chi connectivity index (χ0n) is 11.6. The molecule has 0 aliphatic carbocycles. The van der Waals surface area contributed by atoms with Gasteiger partial charge in [0.2, 0.25) is 5.91 Å². The summed E-state index contributed by atoms with van der Waals surface area (Å²) < 4.78 is 15.2. The minimum atomic E-state index is -0.409. The molecule has 0 spiro atoms. The summed E-state index contributed by atoms with van der Waals surface area (Å²) in [5.74, 6) is -0.970. The Kier molecular flexibility index (Phi) is 5.62. The molecule has 0 saturated carbocycles. The predicted octanol–water partition coefficient (Wildman–Crippen LogP) is 2.48. The lowest BCUT2D eigenvalue weighted by Crippen LogP contribution is -2.43. The Hall–Kier alpha value is -1.80. The van der Waals surface area contributed by atoms with E-state index in [1.54, 1.807) is 36.0 Å². The van der Waals surface area contributed by atoms with E-state index in [0.29, 0.717) is 5.69 Å². The Morgan fingerprint density at radius 3 is 2.55 bits per heavy atom. The van der Waals surface area contributed by atoms with E-state index in [4.69, 9.17) is 0 Å². The Bertz CT molecular complexity index is 688. The van der Waals surface area contributed by atoms with E-state index in [1.165, 1.54) is 23.9 Å². The number of nitrogens with one attached hydrogen (secondary N) is 2. The number of hydrogen-bond acceptors (Lipinski definition) is 3. The molecular weight excluding hydrogens is 373 g/mol. The number of aromatic nitrogens is 1. The molecule has 0 fully saturated rings. The lowest BCUT2D eigenvalue weighted by Gasteiger charge is -2.07. The standard InChI is InChI=1S/C14H13BrFN3O2S/c1-19-7-9(15)6-12(19)14(21)18-17-13(20)8-22-11-4-2-10(16)3-5-11/h2-7H,8H2,1H3,(H,17,20)(H,18,21). The second-order valence-electron chi connectivity index (χ2n) is 4.40. The van der Waals surface area contributed by atoms with Gasteiger partial charge in [-0.1, -0.05) is 0 Å². The Labute approximate surface area is 139 Å². The molecule has 2 rings (SSSR count). The highest BCUT2D eigenvalue weighted by atomic mass is 79.9. The van der Waals surface area contributed by atoms with Crippen LogP contribution in [-0.4, -0.2) is 22.1 Å². The summed E-state index contributed by atoms with van der Waals surface area (Å²) in [6.45, 7) is 0. The van der Waals surface area contributed by atoms with Crippen LogP contribution in [0.2, 0.25) is 0 Å². The van der Waals surface area contributed by atoms with Crippen molar-refractivity contribution in [2.24, 2.45) is 7.05 Å². The van der Waals surface area contributed by atoms with Gasteiger partial charge in [0.1, 0.15) is 11.5 Å². The Morgan fingerprint density at radius 1 is 1.27 bits per heavy atom. The Balaban J connectivity index is 1.79. The molecule has 0 aliphatic heterocycles. The lowest BCUT2D eigenvalue weighted by molar-refractivity contribution is -0.119. The van der Waals surface area contributed by atoms with Gasteiger partial charge >= 0.3 is 0 Å². The Morgan fingerprint density at radius 2 is 1.95 bits per heavy atom. The van der Waals surface area contributed by atoms with E-state index in [1.807, 2.05) is 0 Å². The number of nitrogens with zero attached hydrogens (tertiary/aromatic N) is 1. The maximum atomic E-state index is 12.7. The van der Waals surface area contributed by atoms with Crippen molar-refractivity contribution < 1.29 is 14.0 Å². The van der Waals surface area contributed by atoms with Crippen molar-refractivity contribution in [1.29, 1.82) is 0 Å². The van der Waals surface area contributed by atoms with Crippen LogP contribution < -0.4 is 10.9 Å². The molecule has 0 radical (unpaired) electrons. The first-order valence-corrected chi connectivity index (χ1v) is 8.03. The minimum Gasteiger partial charge on any atom is -0.345 e. The quantitative estimate of drug-likeness (QED) is 0.627. The van der Waals surface area contributed by atoms with Crippen molar-refractivity contribution in [2.45, 2.75) is 4.90 Å². The van der Waals surface area contributed by atoms with Crippen molar-refractivity contribution in [2.75, 3.05) is 5.75 Å². The highest BCUT2D eigenvalue weighted by molar-refractivity contribution is 9.10.